The van der Waals surface area contributed by atoms with Crippen molar-refractivity contribution in [2.45, 2.75) is 32.2 Å². The summed E-state index contributed by atoms with van der Waals surface area (Å²) in [4.78, 5) is 0. The van der Waals surface area contributed by atoms with Gasteiger partial charge in [0.1, 0.15) is 11.6 Å². The number of hydrogen-bond acceptors (Lipinski definition) is 2. The Hall–Kier alpha value is -0.520. The third-order valence-electron chi connectivity index (χ3n) is 3.94. The number of nitrogens with one attached hydrogen (secondary N) is 1. The number of aliphatic hydroxyl groups excluding tert-OH is 1. The van der Waals surface area contributed by atoms with Crippen molar-refractivity contribution in [3.05, 3.63) is 33.8 Å². The van der Waals surface area contributed by atoms with E-state index in [2.05, 4.69) is 21.2 Å². The SMILES string of the molecule is OCC1(CNCc2c(F)ccc(Br)c2F)CCCC1. The molecule has 1 aliphatic carbocycles. The topological polar surface area (TPSA) is 32.3 Å². The molecule has 1 aromatic carbocycles. The maximum atomic E-state index is 13.8. The molecule has 0 unspecified atom stereocenters. The van der Waals surface area contributed by atoms with Crippen LogP contribution in [-0.2, 0) is 6.54 Å². The van der Waals surface area contributed by atoms with Crippen LogP contribution in [0.25, 0.3) is 0 Å². The summed E-state index contributed by atoms with van der Waals surface area (Å²) < 4.78 is 27.6. The molecule has 0 aliphatic heterocycles. The average molecular weight is 334 g/mol. The third kappa shape index (κ3) is 3.33. The van der Waals surface area contributed by atoms with Crippen molar-refractivity contribution < 1.29 is 13.9 Å². The van der Waals surface area contributed by atoms with Gasteiger partial charge < -0.3 is 10.4 Å². The third-order valence-corrected chi connectivity index (χ3v) is 4.55. The molecule has 19 heavy (non-hydrogen) atoms. The van der Waals surface area contributed by atoms with E-state index < -0.39 is 11.6 Å². The number of hydrogen-bond donors (Lipinski definition) is 2. The van der Waals surface area contributed by atoms with Crippen molar-refractivity contribution in [1.29, 1.82) is 0 Å². The lowest BCUT2D eigenvalue weighted by Gasteiger charge is -2.26. The molecule has 0 saturated heterocycles. The maximum Gasteiger partial charge on any atom is 0.144 e. The second-order valence-electron chi connectivity index (χ2n) is 5.29. The smallest absolute Gasteiger partial charge is 0.144 e. The van der Waals surface area contributed by atoms with Crippen LogP contribution in [0.5, 0.6) is 0 Å². The molecule has 106 valence electrons. The first-order valence-corrected chi connectivity index (χ1v) is 7.31. The molecule has 1 fully saturated rings. The first kappa shape index (κ1) is 14.9. The predicted octanol–water partition coefficient (Wildman–Crippen LogP) is 3.37. The van der Waals surface area contributed by atoms with Gasteiger partial charge in [0, 0.05) is 30.7 Å². The van der Waals surface area contributed by atoms with Gasteiger partial charge in [-0.3, -0.25) is 0 Å². The molecule has 1 aliphatic rings. The fourth-order valence-corrected chi connectivity index (χ4v) is 3.07. The summed E-state index contributed by atoms with van der Waals surface area (Å²) in [5.74, 6) is -1.10. The summed E-state index contributed by atoms with van der Waals surface area (Å²) in [5, 5.41) is 12.6. The number of halogens is 3. The van der Waals surface area contributed by atoms with Crippen LogP contribution in [-0.4, -0.2) is 18.3 Å². The Morgan fingerprint density at radius 3 is 2.58 bits per heavy atom. The van der Waals surface area contributed by atoms with E-state index >= 15 is 0 Å². The summed E-state index contributed by atoms with van der Waals surface area (Å²) in [7, 11) is 0. The highest BCUT2D eigenvalue weighted by Gasteiger charge is 2.32. The first-order chi connectivity index (χ1) is 9.08. The number of aliphatic hydroxyl groups is 1. The molecule has 0 atom stereocenters. The molecule has 2 rings (SSSR count). The second kappa shape index (κ2) is 6.29. The Balaban J connectivity index is 1.98. The van der Waals surface area contributed by atoms with Gasteiger partial charge in [-0.15, -0.1) is 0 Å². The minimum Gasteiger partial charge on any atom is -0.396 e. The van der Waals surface area contributed by atoms with E-state index in [-0.39, 0.29) is 28.6 Å². The van der Waals surface area contributed by atoms with E-state index in [0.29, 0.717) is 6.54 Å². The molecule has 0 heterocycles. The normalized spacial score (nSPS) is 17.9. The van der Waals surface area contributed by atoms with Crippen molar-refractivity contribution >= 4 is 15.9 Å². The fraction of sp³-hybridized carbons (Fsp3) is 0.571. The molecule has 0 amide bonds. The molecular weight excluding hydrogens is 316 g/mol. The van der Waals surface area contributed by atoms with E-state index in [4.69, 9.17) is 0 Å². The van der Waals surface area contributed by atoms with Crippen LogP contribution in [0.3, 0.4) is 0 Å². The molecular formula is C14H18BrF2NO. The summed E-state index contributed by atoms with van der Waals surface area (Å²) >= 11 is 3.05. The molecule has 1 aromatic rings. The van der Waals surface area contributed by atoms with E-state index in [1.807, 2.05) is 0 Å². The lowest BCUT2D eigenvalue weighted by molar-refractivity contribution is 0.128. The van der Waals surface area contributed by atoms with Crippen LogP contribution < -0.4 is 5.32 Å². The van der Waals surface area contributed by atoms with Crippen LogP contribution in [0, 0.1) is 17.0 Å². The van der Waals surface area contributed by atoms with Gasteiger partial charge in [0.15, 0.2) is 0 Å². The van der Waals surface area contributed by atoms with Crippen LogP contribution in [0.4, 0.5) is 8.78 Å². The molecule has 5 heteroatoms. The quantitative estimate of drug-likeness (QED) is 0.810. The predicted molar refractivity (Wildman–Crippen MR) is 73.8 cm³/mol. The monoisotopic (exact) mass is 333 g/mol. The van der Waals surface area contributed by atoms with Gasteiger partial charge >= 0.3 is 0 Å². The molecule has 0 aromatic heterocycles. The largest absolute Gasteiger partial charge is 0.396 e. The van der Waals surface area contributed by atoms with Gasteiger partial charge in [-0.2, -0.15) is 0 Å². The summed E-state index contributed by atoms with van der Waals surface area (Å²) in [5.41, 5.74) is -0.0700. The Bertz CT molecular complexity index is 447. The summed E-state index contributed by atoms with van der Waals surface area (Å²) in [6, 6.07) is 2.61. The molecule has 0 spiro atoms. The number of benzene rings is 1. The molecule has 2 nitrogen and oxygen atoms in total. The minimum atomic E-state index is -0.558. The van der Waals surface area contributed by atoms with Crippen molar-refractivity contribution in [1.82, 2.24) is 5.32 Å². The zero-order valence-corrected chi connectivity index (χ0v) is 12.3. The molecule has 1 saturated carbocycles. The van der Waals surface area contributed by atoms with E-state index in [1.165, 1.54) is 12.1 Å². The van der Waals surface area contributed by atoms with Crippen molar-refractivity contribution in [3.8, 4) is 0 Å². The van der Waals surface area contributed by atoms with E-state index in [0.717, 1.165) is 25.7 Å². The lowest BCUT2D eigenvalue weighted by atomic mass is 9.87. The summed E-state index contributed by atoms with van der Waals surface area (Å²) in [6.07, 6.45) is 4.17. The van der Waals surface area contributed by atoms with Gasteiger partial charge in [0.05, 0.1) is 4.47 Å². The van der Waals surface area contributed by atoms with Gasteiger partial charge in [-0.05, 0) is 40.9 Å². The Morgan fingerprint density at radius 1 is 1.26 bits per heavy atom. The average Bonchev–Trinajstić information content (AvgIpc) is 2.88. The second-order valence-corrected chi connectivity index (χ2v) is 6.14. The van der Waals surface area contributed by atoms with Crippen LogP contribution in [0.2, 0.25) is 0 Å². The van der Waals surface area contributed by atoms with Crippen LogP contribution in [0.15, 0.2) is 16.6 Å². The lowest BCUT2D eigenvalue weighted by Crippen LogP contribution is -2.35. The maximum absolute atomic E-state index is 13.8. The van der Waals surface area contributed by atoms with Gasteiger partial charge in [-0.25, -0.2) is 8.78 Å². The zero-order valence-electron chi connectivity index (χ0n) is 10.7. The van der Waals surface area contributed by atoms with Crippen molar-refractivity contribution in [3.63, 3.8) is 0 Å². The van der Waals surface area contributed by atoms with E-state index in [1.54, 1.807) is 0 Å². The standard InChI is InChI=1S/C14H18BrF2NO/c15-11-3-4-12(16)10(13(11)17)7-18-8-14(9-19)5-1-2-6-14/h3-4,18-19H,1-2,5-9H2. The van der Waals surface area contributed by atoms with Gasteiger partial charge in [0.25, 0.3) is 0 Å². The van der Waals surface area contributed by atoms with Crippen molar-refractivity contribution in [2.24, 2.45) is 5.41 Å². The minimum absolute atomic E-state index is 0.0421. The highest BCUT2D eigenvalue weighted by Crippen LogP contribution is 2.37. The van der Waals surface area contributed by atoms with Crippen LogP contribution >= 0.6 is 15.9 Å². The Labute approximate surface area is 120 Å². The summed E-state index contributed by atoms with van der Waals surface area (Å²) in [6.45, 7) is 0.858. The Kier molecular flexibility index (Phi) is 4.92. The molecule has 0 bridgehead atoms. The first-order valence-electron chi connectivity index (χ1n) is 6.52. The zero-order chi connectivity index (χ0) is 13.9. The molecule has 0 radical (unpaired) electrons. The Morgan fingerprint density at radius 2 is 1.95 bits per heavy atom. The number of rotatable bonds is 5. The van der Waals surface area contributed by atoms with Crippen LogP contribution in [0.1, 0.15) is 31.2 Å². The van der Waals surface area contributed by atoms with Crippen molar-refractivity contribution in [2.75, 3.05) is 13.2 Å². The fourth-order valence-electron chi connectivity index (χ4n) is 2.70. The van der Waals surface area contributed by atoms with Gasteiger partial charge in [0.2, 0.25) is 0 Å². The highest BCUT2D eigenvalue weighted by molar-refractivity contribution is 9.10. The molecule has 2 N–H and O–H groups in total. The van der Waals surface area contributed by atoms with E-state index in [9.17, 15) is 13.9 Å². The highest BCUT2D eigenvalue weighted by atomic mass is 79.9. The van der Waals surface area contributed by atoms with Gasteiger partial charge in [-0.1, -0.05) is 12.8 Å².